The summed E-state index contributed by atoms with van der Waals surface area (Å²) in [6.45, 7) is 4.38. The van der Waals surface area contributed by atoms with Gasteiger partial charge in [0.2, 0.25) is 0 Å². The third kappa shape index (κ3) is 2.11. The van der Waals surface area contributed by atoms with Crippen molar-refractivity contribution in [1.29, 1.82) is 0 Å². The third-order valence-corrected chi connectivity index (χ3v) is 3.86. The van der Waals surface area contributed by atoms with Crippen LogP contribution < -0.4 is 5.32 Å². The van der Waals surface area contributed by atoms with E-state index in [9.17, 15) is 0 Å². The Kier molecular flexibility index (Phi) is 2.92. The van der Waals surface area contributed by atoms with Crippen molar-refractivity contribution in [3.05, 3.63) is 17.2 Å². The maximum Gasteiger partial charge on any atom is 0.112 e. The van der Waals surface area contributed by atoms with Crippen LogP contribution in [0.15, 0.2) is 0 Å². The second kappa shape index (κ2) is 4.42. The number of likely N-dealkylation sites (N-methyl/N-ethyl adjacent to an activating group) is 2. The van der Waals surface area contributed by atoms with Crippen molar-refractivity contribution in [1.82, 2.24) is 19.8 Å². The summed E-state index contributed by atoms with van der Waals surface area (Å²) >= 11 is 0. The quantitative estimate of drug-likeness (QED) is 0.842. The molecule has 2 aliphatic rings. The summed E-state index contributed by atoms with van der Waals surface area (Å²) in [6, 6.07) is 0. The summed E-state index contributed by atoms with van der Waals surface area (Å²) in [4.78, 5) is 7.32. The average Bonchev–Trinajstić information content (AvgIpc) is 3.10. The van der Waals surface area contributed by atoms with Crippen LogP contribution in [0.4, 0.5) is 0 Å². The van der Waals surface area contributed by atoms with Gasteiger partial charge in [-0.2, -0.15) is 0 Å². The molecule has 4 heteroatoms. The summed E-state index contributed by atoms with van der Waals surface area (Å²) in [5.74, 6) is 2.14. The number of rotatable bonds is 4. The van der Waals surface area contributed by atoms with Crippen molar-refractivity contribution in [2.24, 2.45) is 0 Å². The summed E-state index contributed by atoms with van der Waals surface area (Å²) in [7, 11) is 4.21. The van der Waals surface area contributed by atoms with E-state index in [0.717, 1.165) is 38.5 Å². The Hall–Kier alpha value is -0.870. The van der Waals surface area contributed by atoms with Crippen LogP contribution in [-0.2, 0) is 19.5 Å². The van der Waals surface area contributed by atoms with Crippen LogP contribution in [0.25, 0.3) is 0 Å². The van der Waals surface area contributed by atoms with Crippen LogP contribution in [0.3, 0.4) is 0 Å². The van der Waals surface area contributed by atoms with Crippen molar-refractivity contribution in [2.75, 3.05) is 27.2 Å². The first-order valence-corrected chi connectivity index (χ1v) is 6.71. The molecule has 0 bridgehead atoms. The van der Waals surface area contributed by atoms with Crippen molar-refractivity contribution in [2.45, 2.75) is 38.3 Å². The maximum absolute atomic E-state index is 4.92. The molecule has 1 aliphatic heterocycles. The number of fused-ring (bicyclic) bond motifs is 1. The first-order chi connectivity index (χ1) is 8.29. The second-order valence-corrected chi connectivity index (χ2v) is 5.38. The van der Waals surface area contributed by atoms with Crippen LogP contribution in [0.5, 0.6) is 0 Å². The number of hydrogen-bond donors (Lipinski definition) is 1. The summed E-state index contributed by atoms with van der Waals surface area (Å²) < 4.78 is 2.50. The Labute approximate surface area is 103 Å². The molecular weight excluding hydrogens is 212 g/mol. The van der Waals surface area contributed by atoms with Gasteiger partial charge in [-0.3, -0.25) is 4.90 Å². The largest absolute Gasteiger partial charge is 0.329 e. The normalized spacial score (nSPS) is 20.6. The Morgan fingerprint density at radius 1 is 1.35 bits per heavy atom. The lowest BCUT2D eigenvalue weighted by molar-refractivity contribution is 0.266. The molecule has 0 saturated heterocycles. The minimum absolute atomic E-state index is 0.764. The molecule has 0 amide bonds. The number of aromatic nitrogens is 2. The SMILES string of the molecule is CNCCc1nc(C2CC2)n2c1CN(C)CC2. The van der Waals surface area contributed by atoms with E-state index in [0.29, 0.717) is 0 Å². The fourth-order valence-corrected chi connectivity index (χ4v) is 2.69. The van der Waals surface area contributed by atoms with E-state index in [1.54, 1.807) is 0 Å². The lowest BCUT2D eigenvalue weighted by atomic mass is 10.2. The molecule has 2 heterocycles. The van der Waals surface area contributed by atoms with Gasteiger partial charge < -0.3 is 9.88 Å². The predicted octanol–water partition coefficient (Wildman–Crippen LogP) is 0.968. The molecule has 0 spiro atoms. The van der Waals surface area contributed by atoms with Gasteiger partial charge in [-0.25, -0.2) is 4.98 Å². The number of hydrogen-bond acceptors (Lipinski definition) is 3. The molecule has 94 valence electrons. The summed E-state index contributed by atoms with van der Waals surface area (Å²) in [5.41, 5.74) is 2.80. The van der Waals surface area contributed by atoms with E-state index < -0.39 is 0 Å². The van der Waals surface area contributed by atoms with Crippen LogP contribution >= 0.6 is 0 Å². The standard InChI is InChI=1S/C13H22N4/c1-14-6-5-11-12-9-16(2)7-8-17(12)13(15-11)10-3-4-10/h10,14H,3-9H2,1-2H3. The molecule has 3 rings (SSSR count). The van der Waals surface area contributed by atoms with E-state index in [-0.39, 0.29) is 0 Å². The highest BCUT2D eigenvalue weighted by Gasteiger charge is 2.32. The Balaban J connectivity index is 1.91. The monoisotopic (exact) mass is 234 g/mol. The highest BCUT2D eigenvalue weighted by atomic mass is 15.2. The molecular formula is C13H22N4. The molecule has 1 saturated carbocycles. The van der Waals surface area contributed by atoms with Crippen LogP contribution in [0, 0.1) is 0 Å². The average molecular weight is 234 g/mol. The highest BCUT2D eigenvalue weighted by molar-refractivity contribution is 5.23. The van der Waals surface area contributed by atoms with E-state index in [4.69, 9.17) is 4.98 Å². The Morgan fingerprint density at radius 2 is 2.18 bits per heavy atom. The molecule has 4 nitrogen and oxygen atoms in total. The minimum Gasteiger partial charge on any atom is -0.329 e. The summed E-state index contributed by atoms with van der Waals surface area (Å²) in [5, 5.41) is 3.23. The van der Waals surface area contributed by atoms with Crippen LogP contribution in [0.1, 0.15) is 36.0 Å². The molecule has 1 aromatic rings. The second-order valence-electron chi connectivity index (χ2n) is 5.38. The topological polar surface area (TPSA) is 33.1 Å². The van der Waals surface area contributed by atoms with E-state index in [1.807, 2.05) is 7.05 Å². The molecule has 0 aromatic carbocycles. The third-order valence-electron chi connectivity index (χ3n) is 3.86. The first kappa shape index (κ1) is 11.2. The Bertz CT molecular complexity index is 406. The molecule has 0 unspecified atom stereocenters. The zero-order chi connectivity index (χ0) is 11.8. The number of imidazole rings is 1. The maximum atomic E-state index is 4.92. The van der Waals surface area contributed by atoms with Crippen molar-refractivity contribution in [3.63, 3.8) is 0 Å². The van der Waals surface area contributed by atoms with Gasteiger partial charge in [-0.1, -0.05) is 0 Å². The van der Waals surface area contributed by atoms with Crippen molar-refractivity contribution >= 4 is 0 Å². The smallest absolute Gasteiger partial charge is 0.112 e. The van der Waals surface area contributed by atoms with Crippen molar-refractivity contribution in [3.8, 4) is 0 Å². The van der Waals surface area contributed by atoms with Gasteiger partial charge in [0.15, 0.2) is 0 Å². The van der Waals surface area contributed by atoms with E-state index >= 15 is 0 Å². The lowest BCUT2D eigenvalue weighted by Gasteiger charge is -2.26. The Morgan fingerprint density at radius 3 is 2.88 bits per heavy atom. The zero-order valence-corrected chi connectivity index (χ0v) is 10.9. The fraction of sp³-hybridized carbons (Fsp3) is 0.769. The molecule has 1 N–H and O–H groups in total. The molecule has 0 atom stereocenters. The first-order valence-electron chi connectivity index (χ1n) is 6.71. The van der Waals surface area contributed by atoms with Gasteiger partial charge >= 0.3 is 0 Å². The molecule has 1 fully saturated rings. The predicted molar refractivity (Wildman–Crippen MR) is 68.2 cm³/mol. The van der Waals surface area contributed by atoms with Crippen LogP contribution in [-0.4, -0.2) is 41.6 Å². The van der Waals surface area contributed by atoms with E-state index in [2.05, 4.69) is 21.8 Å². The minimum atomic E-state index is 0.764. The van der Waals surface area contributed by atoms with Gasteiger partial charge in [-0.05, 0) is 26.9 Å². The van der Waals surface area contributed by atoms with Gasteiger partial charge in [0.05, 0.1) is 11.4 Å². The molecule has 1 aliphatic carbocycles. The number of nitrogens with one attached hydrogen (secondary N) is 1. The van der Waals surface area contributed by atoms with Gasteiger partial charge in [-0.15, -0.1) is 0 Å². The van der Waals surface area contributed by atoms with E-state index in [1.165, 1.54) is 30.1 Å². The van der Waals surface area contributed by atoms with Gasteiger partial charge in [0.1, 0.15) is 5.82 Å². The molecule has 1 aromatic heterocycles. The fourth-order valence-electron chi connectivity index (χ4n) is 2.69. The van der Waals surface area contributed by atoms with Crippen molar-refractivity contribution < 1.29 is 0 Å². The van der Waals surface area contributed by atoms with Gasteiger partial charge in [0, 0.05) is 38.5 Å². The summed E-state index contributed by atoms with van der Waals surface area (Å²) in [6.07, 6.45) is 3.75. The van der Waals surface area contributed by atoms with Gasteiger partial charge in [0.25, 0.3) is 0 Å². The lowest BCUT2D eigenvalue weighted by Crippen LogP contribution is -2.31. The zero-order valence-electron chi connectivity index (χ0n) is 10.9. The van der Waals surface area contributed by atoms with Crippen LogP contribution in [0.2, 0.25) is 0 Å². The number of nitrogens with zero attached hydrogens (tertiary/aromatic N) is 3. The molecule has 0 radical (unpaired) electrons. The highest BCUT2D eigenvalue weighted by Crippen LogP contribution is 2.40. The molecule has 17 heavy (non-hydrogen) atoms.